The van der Waals surface area contributed by atoms with E-state index in [1.807, 2.05) is 0 Å². The topological polar surface area (TPSA) is 79.9 Å². The van der Waals surface area contributed by atoms with Crippen LogP contribution in [0.15, 0.2) is 42.7 Å². The van der Waals surface area contributed by atoms with E-state index in [1.54, 1.807) is 42.7 Å². The maximum Gasteiger partial charge on any atom is 0.221 e. The Morgan fingerprint density at radius 3 is 2.80 bits per heavy atom. The van der Waals surface area contributed by atoms with E-state index in [2.05, 4.69) is 20.5 Å². The van der Waals surface area contributed by atoms with E-state index < -0.39 is 0 Å². The molecule has 0 aliphatic carbocycles. The van der Waals surface area contributed by atoms with Crippen LogP contribution in [0.5, 0.6) is 11.5 Å². The Hall–Kier alpha value is -2.89. The fraction of sp³-hybridized carbons (Fsp3) is 0.0714. The van der Waals surface area contributed by atoms with Crippen LogP contribution in [0.2, 0.25) is 0 Å². The molecule has 0 saturated carbocycles. The van der Waals surface area contributed by atoms with Crippen molar-refractivity contribution in [2.75, 3.05) is 5.32 Å². The van der Waals surface area contributed by atoms with E-state index in [1.165, 1.54) is 6.92 Å². The second-order valence-electron chi connectivity index (χ2n) is 4.25. The zero-order valence-corrected chi connectivity index (χ0v) is 10.8. The van der Waals surface area contributed by atoms with Gasteiger partial charge in [-0.05, 0) is 30.3 Å². The van der Waals surface area contributed by atoms with Gasteiger partial charge >= 0.3 is 0 Å². The number of H-pyrrole nitrogens is 1. The number of benzene rings is 1. The Morgan fingerprint density at radius 2 is 2.05 bits per heavy atom. The van der Waals surface area contributed by atoms with Gasteiger partial charge in [0.15, 0.2) is 5.65 Å². The van der Waals surface area contributed by atoms with Gasteiger partial charge in [0.2, 0.25) is 5.91 Å². The molecule has 0 bridgehead atoms. The second-order valence-corrected chi connectivity index (χ2v) is 4.25. The summed E-state index contributed by atoms with van der Waals surface area (Å²) in [6.45, 7) is 1.47. The van der Waals surface area contributed by atoms with Crippen molar-refractivity contribution in [3.63, 3.8) is 0 Å². The van der Waals surface area contributed by atoms with Gasteiger partial charge in [-0.15, -0.1) is 0 Å². The third-order valence-corrected chi connectivity index (χ3v) is 2.72. The third-order valence-electron chi connectivity index (χ3n) is 2.72. The van der Waals surface area contributed by atoms with Gasteiger partial charge < -0.3 is 10.1 Å². The number of aromatic amines is 1. The lowest BCUT2D eigenvalue weighted by atomic mass is 10.3. The summed E-state index contributed by atoms with van der Waals surface area (Å²) in [6, 6.07) is 8.92. The molecule has 6 nitrogen and oxygen atoms in total. The molecule has 6 heteroatoms. The zero-order chi connectivity index (χ0) is 13.9. The van der Waals surface area contributed by atoms with Gasteiger partial charge in [-0.25, -0.2) is 4.98 Å². The van der Waals surface area contributed by atoms with Crippen molar-refractivity contribution in [3.8, 4) is 11.5 Å². The lowest BCUT2D eigenvalue weighted by molar-refractivity contribution is -0.114. The van der Waals surface area contributed by atoms with Gasteiger partial charge in [0.1, 0.15) is 11.5 Å². The summed E-state index contributed by atoms with van der Waals surface area (Å²) in [5, 5.41) is 10.2. The summed E-state index contributed by atoms with van der Waals surface area (Å²) >= 11 is 0. The lowest BCUT2D eigenvalue weighted by Gasteiger charge is -2.07. The quantitative estimate of drug-likeness (QED) is 0.765. The summed E-state index contributed by atoms with van der Waals surface area (Å²) in [5.74, 6) is 1.25. The number of hydrogen-bond donors (Lipinski definition) is 2. The van der Waals surface area contributed by atoms with Crippen molar-refractivity contribution in [1.82, 2.24) is 15.2 Å². The molecule has 0 radical (unpaired) electrons. The predicted molar refractivity (Wildman–Crippen MR) is 74.7 cm³/mol. The summed E-state index contributed by atoms with van der Waals surface area (Å²) in [7, 11) is 0. The molecule has 2 aromatic heterocycles. The average Bonchev–Trinajstić information content (AvgIpc) is 2.90. The number of pyridine rings is 1. The van der Waals surface area contributed by atoms with Crippen LogP contribution < -0.4 is 10.1 Å². The van der Waals surface area contributed by atoms with E-state index in [0.717, 1.165) is 11.1 Å². The molecule has 0 aliphatic heterocycles. The molecule has 1 amide bonds. The van der Waals surface area contributed by atoms with Crippen LogP contribution in [-0.4, -0.2) is 21.1 Å². The molecule has 100 valence electrons. The van der Waals surface area contributed by atoms with Crippen LogP contribution in [-0.2, 0) is 4.79 Å². The predicted octanol–water partition coefficient (Wildman–Crippen LogP) is 2.71. The first kappa shape index (κ1) is 12.2. The molecule has 0 atom stereocenters. The van der Waals surface area contributed by atoms with Crippen LogP contribution in [0.3, 0.4) is 0 Å². The van der Waals surface area contributed by atoms with Crippen molar-refractivity contribution >= 4 is 22.6 Å². The minimum atomic E-state index is -0.104. The SMILES string of the molecule is CC(=O)Nc1ccc(Oc2ccnc3[nH]ncc23)cc1. The van der Waals surface area contributed by atoms with Crippen LogP contribution >= 0.6 is 0 Å². The smallest absolute Gasteiger partial charge is 0.221 e. The van der Waals surface area contributed by atoms with E-state index in [9.17, 15) is 4.79 Å². The highest BCUT2D eigenvalue weighted by Gasteiger charge is 2.06. The van der Waals surface area contributed by atoms with Gasteiger partial charge in [-0.3, -0.25) is 9.89 Å². The largest absolute Gasteiger partial charge is 0.456 e. The number of hydrogen-bond acceptors (Lipinski definition) is 4. The molecule has 0 fully saturated rings. The molecule has 2 heterocycles. The number of amides is 1. The van der Waals surface area contributed by atoms with Crippen LogP contribution in [0.1, 0.15) is 6.92 Å². The fourth-order valence-electron chi connectivity index (χ4n) is 1.85. The normalized spacial score (nSPS) is 10.4. The van der Waals surface area contributed by atoms with Gasteiger partial charge in [-0.1, -0.05) is 0 Å². The van der Waals surface area contributed by atoms with Gasteiger partial charge in [0.05, 0.1) is 11.6 Å². The number of anilines is 1. The van der Waals surface area contributed by atoms with Crippen molar-refractivity contribution in [2.45, 2.75) is 6.92 Å². The van der Waals surface area contributed by atoms with E-state index in [0.29, 0.717) is 17.1 Å². The highest BCUT2D eigenvalue weighted by Crippen LogP contribution is 2.28. The molecule has 0 aliphatic rings. The monoisotopic (exact) mass is 268 g/mol. The van der Waals surface area contributed by atoms with Crippen LogP contribution in [0.25, 0.3) is 11.0 Å². The van der Waals surface area contributed by atoms with Gasteiger partial charge in [0.25, 0.3) is 0 Å². The Morgan fingerprint density at radius 1 is 1.25 bits per heavy atom. The first-order valence-corrected chi connectivity index (χ1v) is 6.06. The van der Waals surface area contributed by atoms with E-state index in [4.69, 9.17) is 4.74 Å². The molecule has 1 aromatic carbocycles. The number of nitrogens with one attached hydrogen (secondary N) is 2. The zero-order valence-electron chi connectivity index (χ0n) is 10.8. The molecule has 3 rings (SSSR count). The molecule has 3 aromatic rings. The van der Waals surface area contributed by atoms with Gasteiger partial charge in [0, 0.05) is 18.8 Å². The summed E-state index contributed by atoms with van der Waals surface area (Å²) in [4.78, 5) is 15.1. The van der Waals surface area contributed by atoms with Crippen LogP contribution in [0, 0.1) is 0 Å². The minimum absolute atomic E-state index is 0.104. The van der Waals surface area contributed by atoms with Crippen LogP contribution in [0.4, 0.5) is 5.69 Å². The molecule has 2 N–H and O–H groups in total. The summed E-state index contributed by atoms with van der Waals surface area (Å²) in [5.41, 5.74) is 1.41. The van der Waals surface area contributed by atoms with Crippen molar-refractivity contribution in [2.24, 2.45) is 0 Å². The van der Waals surface area contributed by atoms with Crippen molar-refractivity contribution in [3.05, 3.63) is 42.7 Å². The van der Waals surface area contributed by atoms with E-state index in [-0.39, 0.29) is 5.91 Å². The maximum atomic E-state index is 10.9. The summed E-state index contributed by atoms with van der Waals surface area (Å²) < 4.78 is 5.80. The van der Waals surface area contributed by atoms with Crippen molar-refractivity contribution in [1.29, 1.82) is 0 Å². The van der Waals surface area contributed by atoms with Gasteiger partial charge in [-0.2, -0.15) is 5.10 Å². The Labute approximate surface area is 114 Å². The molecular weight excluding hydrogens is 256 g/mol. The number of ether oxygens (including phenoxy) is 1. The average molecular weight is 268 g/mol. The summed E-state index contributed by atoms with van der Waals surface area (Å²) in [6.07, 6.45) is 3.32. The number of aromatic nitrogens is 3. The second kappa shape index (κ2) is 5.00. The number of rotatable bonds is 3. The Balaban J connectivity index is 1.84. The standard InChI is InChI=1S/C14H12N4O2/c1-9(19)17-10-2-4-11(5-3-10)20-13-6-7-15-14-12(13)8-16-18-14/h2-8H,1H3,(H,17,19)(H,15,16,18). The highest BCUT2D eigenvalue weighted by atomic mass is 16.5. The number of carbonyl (C=O) groups is 1. The first-order chi connectivity index (χ1) is 9.72. The molecule has 0 spiro atoms. The molecule has 0 unspecified atom stereocenters. The third kappa shape index (κ3) is 2.44. The molecule has 0 saturated heterocycles. The Kier molecular flexibility index (Phi) is 3.04. The highest BCUT2D eigenvalue weighted by molar-refractivity contribution is 5.88. The van der Waals surface area contributed by atoms with E-state index >= 15 is 0 Å². The molecule has 20 heavy (non-hydrogen) atoms. The lowest BCUT2D eigenvalue weighted by Crippen LogP contribution is -2.05. The van der Waals surface area contributed by atoms with Crippen molar-refractivity contribution < 1.29 is 9.53 Å². The number of fused-ring (bicyclic) bond motifs is 1. The Bertz CT molecular complexity index is 749. The molecular formula is C14H12N4O2. The number of carbonyl (C=O) groups excluding carboxylic acids is 1. The fourth-order valence-corrected chi connectivity index (χ4v) is 1.85. The number of nitrogens with zero attached hydrogens (tertiary/aromatic N) is 2. The maximum absolute atomic E-state index is 10.9. The first-order valence-electron chi connectivity index (χ1n) is 6.06. The minimum Gasteiger partial charge on any atom is -0.456 e.